The molecule has 0 bridgehead atoms. The number of carbonyl (C=O) groups excluding carboxylic acids is 2. The van der Waals surface area contributed by atoms with E-state index in [2.05, 4.69) is 10.1 Å². The van der Waals surface area contributed by atoms with Gasteiger partial charge in [-0.3, -0.25) is 14.4 Å². The van der Waals surface area contributed by atoms with Gasteiger partial charge >= 0.3 is 17.9 Å². The van der Waals surface area contributed by atoms with Crippen molar-refractivity contribution < 1.29 is 54.2 Å². The third kappa shape index (κ3) is 11.6. The van der Waals surface area contributed by atoms with Gasteiger partial charge in [0.2, 0.25) is 5.91 Å². The highest BCUT2D eigenvalue weighted by Crippen LogP contribution is 2.24. The molecule has 0 spiro atoms. The van der Waals surface area contributed by atoms with Gasteiger partial charge in [0.1, 0.15) is 24.9 Å². The molecule has 1 aliphatic rings. The zero-order valence-electron chi connectivity index (χ0n) is 17.9. The second-order valence-corrected chi connectivity index (χ2v) is 7.86. The molecule has 2 unspecified atom stereocenters. The molecule has 14 heteroatoms. The average Bonchev–Trinajstić information content (AvgIpc) is 2.71. The number of amides is 1. The number of nitrogens with two attached hydrogens (primary N) is 1. The van der Waals surface area contributed by atoms with E-state index in [0.717, 1.165) is 19.2 Å². The van der Waals surface area contributed by atoms with Crippen molar-refractivity contribution in [1.29, 1.82) is 0 Å². The summed E-state index contributed by atoms with van der Waals surface area (Å²) in [7, 11) is 0. The lowest BCUT2D eigenvalue weighted by Gasteiger charge is -2.41. The topological polar surface area (TPSA) is 226 Å². The maximum absolute atomic E-state index is 11.4. The summed E-state index contributed by atoms with van der Waals surface area (Å²) < 4.78 is 9.85. The zero-order valence-corrected chi connectivity index (χ0v) is 18.7. The van der Waals surface area contributed by atoms with Gasteiger partial charge in [-0.25, -0.2) is 4.79 Å². The lowest BCUT2D eigenvalue weighted by Crippen LogP contribution is -2.63. The van der Waals surface area contributed by atoms with Crippen LogP contribution in [0.4, 0.5) is 0 Å². The summed E-state index contributed by atoms with van der Waals surface area (Å²) in [5.74, 6) is -3.03. The fourth-order valence-electron chi connectivity index (χ4n) is 2.67. The SMILES string of the molecule is CC(=O)N[C@H]1C([C@H](O)[C@H](O)COC(=O)CCC(=O)O)OC(C(=O)O)C[C@@H]1O.CSCCN. The third-order valence-electron chi connectivity index (χ3n) is 4.20. The first-order valence-corrected chi connectivity index (χ1v) is 11.1. The molecule has 1 heterocycles. The van der Waals surface area contributed by atoms with Gasteiger partial charge in [-0.05, 0) is 6.26 Å². The first kappa shape index (κ1) is 30.0. The summed E-state index contributed by atoms with van der Waals surface area (Å²) in [4.78, 5) is 44.2. The van der Waals surface area contributed by atoms with Crippen LogP contribution >= 0.6 is 11.8 Å². The predicted octanol–water partition coefficient (Wildman–Crippen LogP) is -2.47. The molecular weight excluding hydrogens is 452 g/mol. The fraction of sp³-hybridized carbons (Fsp3) is 0.778. The largest absolute Gasteiger partial charge is 0.481 e. The van der Waals surface area contributed by atoms with Crippen molar-refractivity contribution in [2.24, 2.45) is 5.73 Å². The molecule has 0 aromatic heterocycles. The molecule has 0 aromatic carbocycles. The van der Waals surface area contributed by atoms with Crippen LogP contribution in [-0.4, -0.2) is 111 Å². The predicted molar refractivity (Wildman–Crippen MR) is 112 cm³/mol. The Morgan fingerprint density at radius 1 is 1.22 bits per heavy atom. The number of aliphatic hydroxyl groups excluding tert-OH is 3. The summed E-state index contributed by atoms with van der Waals surface area (Å²) in [5.41, 5.74) is 5.12. The highest BCUT2D eigenvalue weighted by atomic mass is 32.2. The molecule has 0 aromatic rings. The van der Waals surface area contributed by atoms with Crippen LogP contribution in [0.5, 0.6) is 0 Å². The number of aliphatic carboxylic acids is 2. The van der Waals surface area contributed by atoms with Gasteiger partial charge in [-0.2, -0.15) is 11.8 Å². The van der Waals surface area contributed by atoms with Crippen molar-refractivity contribution in [2.45, 2.75) is 62.7 Å². The number of carbonyl (C=O) groups is 4. The fourth-order valence-corrected chi connectivity index (χ4v) is 2.91. The minimum Gasteiger partial charge on any atom is -0.481 e. The van der Waals surface area contributed by atoms with Crippen LogP contribution in [0.3, 0.4) is 0 Å². The van der Waals surface area contributed by atoms with E-state index in [-0.39, 0.29) is 6.42 Å². The Labute approximate surface area is 189 Å². The van der Waals surface area contributed by atoms with E-state index in [9.17, 15) is 34.5 Å². The Bertz CT molecular complexity index is 620. The smallest absolute Gasteiger partial charge is 0.332 e. The van der Waals surface area contributed by atoms with E-state index in [1.807, 2.05) is 6.26 Å². The summed E-state index contributed by atoms with van der Waals surface area (Å²) in [6.45, 7) is 1.22. The number of hydrogen-bond acceptors (Lipinski definition) is 11. The lowest BCUT2D eigenvalue weighted by atomic mass is 9.90. The van der Waals surface area contributed by atoms with E-state index in [0.29, 0.717) is 0 Å². The van der Waals surface area contributed by atoms with E-state index in [1.54, 1.807) is 11.8 Å². The van der Waals surface area contributed by atoms with Crippen LogP contribution in [0.15, 0.2) is 0 Å². The third-order valence-corrected chi connectivity index (χ3v) is 4.85. The Morgan fingerprint density at radius 2 is 1.84 bits per heavy atom. The van der Waals surface area contributed by atoms with Gasteiger partial charge in [0, 0.05) is 25.6 Å². The van der Waals surface area contributed by atoms with Crippen molar-refractivity contribution in [3.63, 3.8) is 0 Å². The number of nitrogens with one attached hydrogen (secondary N) is 1. The van der Waals surface area contributed by atoms with Crippen molar-refractivity contribution in [2.75, 3.05) is 25.2 Å². The molecular formula is C18H32N2O11S. The van der Waals surface area contributed by atoms with Crippen LogP contribution in [0.1, 0.15) is 26.2 Å². The molecule has 1 amide bonds. The highest BCUT2D eigenvalue weighted by molar-refractivity contribution is 7.98. The lowest BCUT2D eigenvalue weighted by molar-refractivity contribution is -0.197. The summed E-state index contributed by atoms with van der Waals surface area (Å²) in [6.07, 6.45) is -7.09. The van der Waals surface area contributed by atoms with E-state index >= 15 is 0 Å². The highest BCUT2D eigenvalue weighted by Gasteiger charge is 2.46. The second-order valence-electron chi connectivity index (χ2n) is 6.87. The normalized spacial score (nSPS) is 24.3. The molecule has 8 N–H and O–H groups in total. The van der Waals surface area contributed by atoms with Crippen molar-refractivity contribution in [3.05, 3.63) is 0 Å². The monoisotopic (exact) mass is 484 g/mol. The van der Waals surface area contributed by atoms with E-state index < -0.39 is 79.8 Å². The van der Waals surface area contributed by atoms with Crippen molar-refractivity contribution in [1.82, 2.24) is 5.32 Å². The molecule has 0 aliphatic carbocycles. The number of rotatable bonds is 11. The first-order chi connectivity index (χ1) is 14.9. The van der Waals surface area contributed by atoms with E-state index in [1.165, 1.54) is 0 Å². The van der Waals surface area contributed by atoms with Crippen LogP contribution in [0.25, 0.3) is 0 Å². The van der Waals surface area contributed by atoms with Gasteiger partial charge in [0.25, 0.3) is 0 Å². The Hall–Kier alpha value is -1.97. The van der Waals surface area contributed by atoms with Crippen molar-refractivity contribution in [3.8, 4) is 0 Å². The van der Waals surface area contributed by atoms with Gasteiger partial charge in [-0.15, -0.1) is 0 Å². The molecule has 186 valence electrons. The maximum Gasteiger partial charge on any atom is 0.332 e. The number of aliphatic hydroxyl groups is 3. The molecule has 1 rings (SSSR count). The average molecular weight is 485 g/mol. The summed E-state index contributed by atoms with van der Waals surface area (Å²) in [5, 5.41) is 50.2. The maximum atomic E-state index is 11.4. The molecule has 32 heavy (non-hydrogen) atoms. The molecule has 1 fully saturated rings. The molecule has 0 radical (unpaired) electrons. The van der Waals surface area contributed by atoms with E-state index in [4.69, 9.17) is 20.7 Å². The van der Waals surface area contributed by atoms with Gasteiger partial charge < -0.3 is 46.1 Å². The van der Waals surface area contributed by atoms with Crippen LogP contribution in [0.2, 0.25) is 0 Å². The molecule has 6 atom stereocenters. The second kappa shape index (κ2) is 15.8. The van der Waals surface area contributed by atoms with Crippen LogP contribution < -0.4 is 11.1 Å². The van der Waals surface area contributed by atoms with Gasteiger partial charge in [0.15, 0.2) is 6.10 Å². The van der Waals surface area contributed by atoms with Gasteiger partial charge in [0.05, 0.1) is 25.0 Å². The number of hydrogen-bond donors (Lipinski definition) is 7. The standard InChI is InChI=1S/C15H23NO11.C3H9NS/c1-6(17)16-12-7(18)4-9(15(24)25)27-14(12)13(23)8(19)5-26-11(22)3-2-10(20)21;1-5-3-2-4/h7-9,12-14,18-19,23H,2-5H2,1H3,(H,16,17)(H,20,21)(H,24,25);2-4H2,1H3/t7-,8+,9?,12+,13+,14?;/m0./s1. The number of esters is 1. The summed E-state index contributed by atoms with van der Waals surface area (Å²) >= 11 is 1.78. The van der Waals surface area contributed by atoms with Crippen LogP contribution in [-0.2, 0) is 28.7 Å². The van der Waals surface area contributed by atoms with Gasteiger partial charge in [-0.1, -0.05) is 0 Å². The molecule has 13 nitrogen and oxygen atoms in total. The minimum atomic E-state index is -1.81. The molecule has 1 saturated heterocycles. The molecule has 1 aliphatic heterocycles. The number of thioether (sulfide) groups is 1. The first-order valence-electron chi connectivity index (χ1n) is 9.70. The Kier molecular flexibility index (Phi) is 14.8. The zero-order chi connectivity index (χ0) is 24.8. The van der Waals surface area contributed by atoms with Crippen molar-refractivity contribution >= 4 is 35.6 Å². The van der Waals surface area contributed by atoms with Crippen LogP contribution in [0, 0.1) is 0 Å². The molecule has 0 saturated carbocycles. The minimum absolute atomic E-state index is 0.343. The summed E-state index contributed by atoms with van der Waals surface area (Å²) in [6, 6.07) is -1.20. The Balaban J connectivity index is 0.00000172. The number of ether oxygens (including phenoxy) is 2. The Morgan fingerprint density at radius 3 is 2.28 bits per heavy atom. The quantitative estimate of drug-likeness (QED) is 0.151. The number of carboxylic acid groups (broad SMARTS) is 2. The number of carboxylic acids is 2.